The highest BCUT2D eigenvalue weighted by molar-refractivity contribution is 5.68. The third-order valence-electron chi connectivity index (χ3n) is 3.27. The van der Waals surface area contributed by atoms with E-state index in [-0.39, 0.29) is 18.6 Å². The molecule has 0 atom stereocenters. The van der Waals surface area contributed by atoms with Gasteiger partial charge in [-0.2, -0.15) is 0 Å². The van der Waals surface area contributed by atoms with Gasteiger partial charge in [0.25, 0.3) is 0 Å². The minimum Gasteiger partial charge on any atom is -0.446 e. The fraction of sp³-hybridized carbons (Fsp3) is 0.714. The fourth-order valence-electron chi connectivity index (χ4n) is 2.27. The lowest BCUT2D eigenvalue weighted by molar-refractivity contribution is 0.0204. The van der Waals surface area contributed by atoms with E-state index in [0.717, 1.165) is 18.5 Å². The molecule has 0 spiro atoms. The first-order valence-corrected chi connectivity index (χ1v) is 6.92. The average Bonchev–Trinajstić information content (AvgIpc) is 2.85. The first-order valence-electron chi connectivity index (χ1n) is 6.92. The Morgan fingerprint density at radius 2 is 2.15 bits per heavy atom. The van der Waals surface area contributed by atoms with Crippen LogP contribution in [0.15, 0.2) is 10.7 Å². The van der Waals surface area contributed by atoms with Crippen LogP contribution in [-0.4, -0.2) is 39.8 Å². The minimum atomic E-state index is -0.462. The summed E-state index contributed by atoms with van der Waals surface area (Å²) in [5.41, 5.74) is 0.397. The van der Waals surface area contributed by atoms with Crippen molar-refractivity contribution in [2.24, 2.45) is 0 Å². The highest BCUT2D eigenvalue weighted by atomic mass is 16.6. The highest BCUT2D eigenvalue weighted by Gasteiger charge is 2.28. The van der Waals surface area contributed by atoms with Crippen LogP contribution >= 0.6 is 0 Å². The van der Waals surface area contributed by atoms with Gasteiger partial charge in [0.2, 0.25) is 5.89 Å². The van der Waals surface area contributed by atoms with Crippen molar-refractivity contribution < 1.29 is 19.1 Å². The third-order valence-corrected chi connectivity index (χ3v) is 3.27. The van der Waals surface area contributed by atoms with E-state index in [0.29, 0.717) is 19.0 Å². The van der Waals surface area contributed by atoms with E-state index in [4.69, 9.17) is 14.3 Å². The van der Waals surface area contributed by atoms with Gasteiger partial charge >= 0.3 is 6.09 Å². The Hall–Kier alpha value is -1.56. The Kier molecular flexibility index (Phi) is 4.32. The molecule has 6 heteroatoms. The lowest BCUT2D eigenvalue weighted by Gasteiger charge is -2.32. The van der Waals surface area contributed by atoms with Crippen molar-refractivity contribution in [2.45, 2.75) is 51.7 Å². The Balaban J connectivity index is 1.87. The third kappa shape index (κ3) is 3.72. The van der Waals surface area contributed by atoms with E-state index >= 15 is 0 Å². The van der Waals surface area contributed by atoms with Crippen LogP contribution in [0.4, 0.5) is 4.79 Å². The van der Waals surface area contributed by atoms with E-state index in [1.165, 1.54) is 0 Å². The summed E-state index contributed by atoms with van der Waals surface area (Å²) in [6.45, 7) is 6.72. The predicted octanol–water partition coefficient (Wildman–Crippen LogP) is 2.28. The van der Waals surface area contributed by atoms with Crippen molar-refractivity contribution in [2.75, 3.05) is 13.1 Å². The summed E-state index contributed by atoms with van der Waals surface area (Å²) >= 11 is 0. The van der Waals surface area contributed by atoms with Gasteiger partial charge < -0.3 is 19.2 Å². The van der Waals surface area contributed by atoms with Gasteiger partial charge in [-0.25, -0.2) is 9.78 Å². The summed E-state index contributed by atoms with van der Waals surface area (Å²) in [5, 5.41) is 8.95. The van der Waals surface area contributed by atoms with Gasteiger partial charge in [0.1, 0.15) is 18.5 Å². The number of hydrogen-bond acceptors (Lipinski definition) is 5. The van der Waals surface area contributed by atoms with E-state index in [1.807, 2.05) is 20.8 Å². The molecule has 1 N–H and O–H groups in total. The van der Waals surface area contributed by atoms with E-state index in [9.17, 15) is 4.79 Å². The van der Waals surface area contributed by atoms with Gasteiger partial charge in [-0.15, -0.1) is 0 Å². The Morgan fingerprint density at radius 3 is 2.65 bits per heavy atom. The zero-order valence-electron chi connectivity index (χ0n) is 12.3. The van der Waals surface area contributed by atoms with Gasteiger partial charge in [-0.3, -0.25) is 0 Å². The van der Waals surface area contributed by atoms with Gasteiger partial charge in [0.05, 0.1) is 5.69 Å². The number of amides is 1. The van der Waals surface area contributed by atoms with Crippen molar-refractivity contribution in [3.05, 3.63) is 17.8 Å². The van der Waals surface area contributed by atoms with Crippen molar-refractivity contribution in [3.63, 3.8) is 0 Å². The summed E-state index contributed by atoms with van der Waals surface area (Å²) in [4.78, 5) is 17.9. The number of piperidine rings is 1. The monoisotopic (exact) mass is 282 g/mol. The number of aliphatic hydroxyl groups is 1. The number of carbonyl (C=O) groups is 1. The molecule has 2 rings (SSSR count). The quantitative estimate of drug-likeness (QED) is 0.900. The summed E-state index contributed by atoms with van der Waals surface area (Å²) in [5.74, 6) is 0.618. The van der Waals surface area contributed by atoms with E-state index in [2.05, 4.69) is 4.98 Å². The van der Waals surface area contributed by atoms with Crippen LogP contribution in [0.1, 0.15) is 51.1 Å². The number of rotatable bonds is 2. The molecule has 6 nitrogen and oxygen atoms in total. The van der Waals surface area contributed by atoms with Crippen LogP contribution in [0.5, 0.6) is 0 Å². The molecule has 1 aromatic rings. The molecule has 0 aromatic carbocycles. The SMILES string of the molecule is CC(C)(C)OC(=O)N1CCC(c2coc(CO)n2)CC1. The van der Waals surface area contributed by atoms with Crippen molar-refractivity contribution in [1.82, 2.24) is 9.88 Å². The molecule has 0 radical (unpaired) electrons. The first-order chi connectivity index (χ1) is 9.39. The number of aliphatic hydroxyl groups excluding tert-OH is 1. The number of aromatic nitrogens is 1. The van der Waals surface area contributed by atoms with Crippen LogP contribution < -0.4 is 0 Å². The molecular formula is C14H22N2O4. The number of likely N-dealkylation sites (tertiary alicyclic amines) is 1. The van der Waals surface area contributed by atoms with Crippen LogP contribution in [0.3, 0.4) is 0 Å². The largest absolute Gasteiger partial charge is 0.446 e. The zero-order valence-corrected chi connectivity index (χ0v) is 12.3. The molecule has 1 aliphatic rings. The second kappa shape index (κ2) is 5.83. The lowest BCUT2D eigenvalue weighted by Crippen LogP contribution is -2.41. The molecule has 0 unspecified atom stereocenters. The molecule has 1 amide bonds. The van der Waals surface area contributed by atoms with Crippen molar-refractivity contribution in [1.29, 1.82) is 0 Å². The highest BCUT2D eigenvalue weighted by Crippen LogP contribution is 2.28. The molecule has 1 saturated heterocycles. The van der Waals surface area contributed by atoms with Crippen LogP contribution in [-0.2, 0) is 11.3 Å². The maximum absolute atomic E-state index is 11.9. The summed E-state index contributed by atoms with van der Waals surface area (Å²) in [7, 11) is 0. The van der Waals surface area contributed by atoms with Crippen molar-refractivity contribution in [3.8, 4) is 0 Å². The summed E-state index contributed by atoms with van der Waals surface area (Å²) in [6, 6.07) is 0. The minimum absolute atomic E-state index is 0.184. The number of ether oxygens (including phenoxy) is 1. The Labute approximate surface area is 118 Å². The van der Waals surface area contributed by atoms with E-state index < -0.39 is 5.60 Å². The molecule has 0 aliphatic carbocycles. The maximum Gasteiger partial charge on any atom is 0.410 e. The molecule has 2 heterocycles. The van der Waals surface area contributed by atoms with Crippen LogP contribution in [0, 0.1) is 0 Å². The Morgan fingerprint density at radius 1 is 1.50 bits per heavy atom. The van der Waals surface area contributed by atoms with Gasteiger partial charge in [0.15, 0.2) is 0 Å². The fourth-order valence-corrected chi connectivity index (χ4v) is 2.27. The van der Waals surface area contributed by atoms with Gasteiger partial charge in [0, 0.05) is 19.0 Å². The maximum atomic E-state index is 11.9. The number of hydrogen-bond donors (Lipinski definition) is 1. The molecule has 1 aliphatic heterocycles. The molecule has 1 aromatic heterocycles. The average molecular weight is 282 g/mol. The first kappa shape index (κ1) is 14.8. The normalized spacial score (nSPS) is 17.3. The smallest absolute Gasteiger partial charge is 0.410 e. The number of oxazole rings is 1. The van der Waals surface area contributed by atoms with Gasteiger partial charge in [-0.05, 0) is 33.6 Å². The van der Waals surface area contributed by atoms with E-state index in [1.54, 1.807) is 11.2 Å². The number of carbonyl (C=O) groups excluding carboxylic acids is 1. The van der Waals surface area contributed by atoms with Crippen LogP contribution in [0.25, 0.3) is 0 Å². The number of nitrogens with zero attached hydrogens (tertiary/aromatic N) is 2. The van der Waals surface area contributed by atoms with Crippen LogP contribution in [0.2, 0.25) is 0 Å². The Bertz CT molecular complexity index is 456. The zero-order chi connectivity index (χ0) is 14.8. The molecule has 20 heavy (non-hydrogen) atoms. The topological polar surface area (TPSA) is 75.8 Å². The molecular weight excluding hydrogens is 260 g/mol. The predicted molar refractivity (Wildman–Crippen MR) is 72.2 cm³/mol. The second-order valence-corrected chi connectivity index (χ2v) is 6.07. The molecule has 112 valence electrons. The van der Waals surface area contributed by atoms with Gasteiger partial charge in [-0.1, -0.05) is 0 Å². The standard InChI is InChI=1S/C14H22N2O4/c1-14(2,3)20-13(18)16-6-4-10(5-7-16)11-9-19-12(8-17)15-11/h9-10,17H,4-8H2,1-3H3. The molecule has 0 bridgehead atoms. The lowest BCUT2D eigenvalue weighted by atomic mass is 9.94. The van der Waals surface area contributed by atoms with Crippen molar-refractivity contribution >= 4 is 6.09 Å². The second-order valence-electron chi connectivity index (χ2n) is 6.07. The molecule has 0 saturated carbocycles. The summed E-state index contributed by atoms with van der Waals surface area (Å²) in [6.07, 6.45) is 3.00. The summed E-state index contributed by atoms with van der Waals surface area (Å²) < 4.78 is 10.5. The molecule has 1 fully saturated rings.